The first-order valence-electron chi connectivity index (χ1n) is 10.4. The van der Waals surface area contributed by atoms with Crippen molar-refractivity contribution in [3.8, 4) is 0 Å². The molecule has 1 saturated carbocycles. The van der Waals surface area contributed by atoms with Gasteiger partial charge in [-0.3, -0.25) is 0 Å². The van der Waals surface area contributed by atoms with E-state index in [-0.39, 0.29) is 11.9 Å². The zero-order valence-electron chi connectivity index (χ0n) is 17.1. The Morgan fingerprint density at radius 2 is 1.61 bits per heavy atom. The van der Waals surface area contributed by atoms with Crippen LogP contribution >= 0.6 is 0 Å². The van der Waals surface area contributed by atoms with Crippen LogP contribution in [0.25, 0.3) is 0 Å². The van der Waals surface area contributed by atoms with Gasteiger partial charge in [0, 0.05) is 18.8 Å². The van der Waals surface area contributed by atoms with Crippen molar-refractivity contribution in [1.29, 1.82) is 0 Å². The second kappa shape index (κ2) is 7.16. The van der Waals surface area contributed by atoms with Crippen LogP contribution in [0.4, 0.5) is 0 Å². The lowest BCUT2D eigenvalue weighted by atomic mass is 9.79. The van der Waals surface area contributed by atoms with E-state index in [1.807, 2.05) is 24.3 Å². The van der Waals surface area contributed by atoms with E-state index in [9.17, 15) is 4.79 Å². The van der Waals surface area contributed by atoms with E-state index in [2.05, 4.69) is 56.0 Å². The Balaban J connectivity index is 1.75. The zero-order chi connectivity index (χ0) is 19.8. The van der Waals surface area contributed by atoms with Crippen molar-refractivity contribution < 1.29 is 14.3 Å². The smallest absolute Gasteiger partial charge is 0.337 e. The molecule has 0 N–H and O–H groups in total. The lowest BCUT2D eigenvalue weighted by Crippen LogP contribution is -2.59. The molecule has 1 aliphatic carbocycles. The lowest BCUT2D eigenvalue weighted by Gasteiger charge is -2.42. The van der Waals surface area contributed by atoms with Gasteiger partial charge in [-0.25, -0.2) is 4.79 Å². The highest BCUT2D eigenvalue weighted by Crippen LogP contribution is 2.53. The van der Waals surface area contributed by atoms with Gasteiger partial charge >= 0.3 is 5.97 Å². The standard InChI is InChI=1S/C24H30O3Si/c1-28(2,3)24(18-19-12-6-4-7-13-19)22(25)26-23(27-24)17-11-10-16-21(23)20-14-8-5-9-15-20/h4-9,12-15,21H,10-11,16-18H2,1-3H3. The van der Waals surface area contributed by atoms with Gasteiger partial charge in [-0.1, -0.05) is 86.7 Å². The van der Waals surface area contributed by atoms with Crippen LogP contribution in [-0.4, -0.2) is 25.1 Å². The van der Waals surface area contributed by atoms with Crippen molar-refractivity contribution in [2.24, 2.45) is 0 Å². The number of esters is 1. The van der Waals surface area contributed by atoms with Crippen LogP contribution in [0.5, 0.6) is 0 Å². The maximum atomic E-state index is 13.5. The van der Waals surface area contributed by atoms with Gasteiger partial charge in [0.25, 0.3) is 0 Å². The van der Waals surface area contributed by atoms with E-state index in [0.717, 1.165) is 31.2 Å². The summed E-state index contributed by atoms with van der Waals surface area (Å²) in [4.78, 5) is 13.5. The van der Waals surface area contributed by atoms with Gasteiger partial charge < -0.3 is 9.47 Å². The molecule has 4 rings (SSSR count). The third-order valence-corrected chi connectivity index (χ3v) is 9.36. The minimum atomic E-state index is -2.06. The normalized spacial score (nSPS) is 30.4. The minimum absolute atomic E-state index is 0.0976. The summed E-state index contributed by atoms with van der Waals surface area (Å²) in [6.45, 7) is 6.66. The molecule has 2 aromatic carbocycles. The molecule has 1 aliphatic heterocycles. The summed E-state index contributed by atoms with van der Waals surface area (Å²) in [7, 11) is -2.06. The molecule has 0 aromatic heterocycles. The maximum absolute atomic E-state index is 13.5. The average Bonchev–Trinajstić information content (AvgIpc) is 2.96. The van der Waals surface area contributed by atoms with Crippen LogP contribution in [0, 0.1) is 0 Å². The Labute approximate surface area is 169 Å². The molecule has 1 spiro atoms. The molecule has 1 saturated heterocycles. The maximum Gasteiger partial charge on any atom is 0.337 e. The molecule has 0 amide bonds. The fourth-order valence-electron chi connectivity index (χ4n) is 4.78. The van der Waals surface area contributed by atoms with Crippen LogP contribution in [-0.2, 0) is 20.7 Å². The lowest BCUT2D eigenvalue weighted by molar-refractivity contribution is -0.208. The number of ether oxygens (including phenoxy) is 2. The van der Waals surface area contributed by atoms with Crippen LogP contribution < -0.4 is 0 Å². The molecule has 0 bridgehead atoms. The Morgan fingerprint density at radius 3 is 2.25 bits per heavy atom. The fourth-order valence-corrected chi connectivity index (χ4v) is 6.65. The molecule has 28 heavy (non-hydrogen) atoms. The highest BCUT2D eigenvalue weighted by atomic mass is 28.3. The van der Waals surface area contributed by atoms with Crippen molar-refractivity contribution in [1.82, 2.24) is 0 Å². The predicted molar refractivity (Wildman–Crippen MR) is 114 cm³/mol. The number of hydrogen-bond acceptors (Lipinski definition) is 3. The summed E-state index contributed by atoms with van der Waals surface area (Å²) in [6.07, 6.45) is 4.53. The molecule has 4 heteroatoms. The molecule has 2 fully saturated rings. The molecule has 1 heterocycles. The van der Waals surface area contributed by atoms with Crippen molar-refractivity contribution >= 4 is 14.0 Å². The third kappa shape index (κ3) is 3.23. The quantitative estimate of drug-likeness (QED) is 0.509. The summed E-state index contributed by atoms with van der Waals surface area (Å²) in [6, 6.07) is 20.6. The summed E-state index contributed by atoms with van der Waals surface area (Å²) in [5.41, 5.74) is 2.34. The van der Waals surface area contributed by atoms with Crippen LogP contribution in [0.2, 0.25) is 19.6 Å². The van der Waals surface area contributed by atoms with Gasteiger partial charge in [0.1, 0.15) is 0 Å². The van der Waals surface area contributed by atoms with Gasteiger partial charge in [0.15, 0.2) is 5.22 Å². The molecule has 3 nitrogen and oxygen atoms in total. The Hall–Kier alpha value is -1.91. The average molecular weight is 395 g/mol. The van der Waals surface area contributed by atoms with Gasteiger partial charge in [0.05, 0.1) is 8.07 Å². The molecular weight excluding hydrogens is 364 g/mol. The number of rotatable bonds is 4. The van der Waals surface area contributed by atoms with Crippen LogP contribution in [0.1, 0.15) is 42.7 Å². The third-order valence-electron chi connectivity index (χ3n) is 6.45. The summed E-state index contributed by atoms with van der Waals surface area (Å²) >= 11 is 0. The number of benzene rings is 2. The van der Waals surface area contributed by atoms with E-state index in [0.29, 0.717) is 6.42 Å². The summed E-state index contributed by atoms with van der Waals surface area (Å²) < 4.78 is 13.2. The van der Waals surface area contributed by atoms with Crippen molar-refractivity contribution in [2.75, 3.05) is 0 Å². The molecule has 0 radical (unpaired) electrons. The minimum Gasteiger partial charge on any atom is -0.430 e. The Kier molecular flexibility index (Phi) is 4.96. The first-order valence-corrected chi connectivity index (χ1v) is 13.9. The second-order valence-electron chi connectivity index (χ2n) is 9.25. The summed E-state index contributed by atoms with van der Waals surface area (Å²) in [5.74, 6) is -0.884. The highest BCUT2D eigenvalue weighted by Gasteiger charge is 2.66. The van der Waals surface area contributed by atoms with Gasteiger partial charge in [0.2, 0.25) is 5.79 Å². The molecule has 3 unspecified atom stereocenters. The van der Waals surface area contributed by atoms with Gasteiger partial charge in [-0.05, 0) is 24.0 Å². The zero-order valence-corrected chi connectivity index (χ0v) is 18.1. The van der Waals surface area contributed by atoms with Crippen molar-refractivity contribution in [3.63, 3.8) is 0 Å². The Morgan fingerprint density at radius 1 is 0.964 bits per heavy atom. The fraction of sp³-hybridized carbons (Fsp3) is 0.458. The van der Waals surface area contributed by atoms with Gasteiger partial charge in [-0.2, -0.15) is 0 Å². The van der Waals surface area contributed by atoms with Crippen LogP contribution in [0.15, 0.2) is 60.7 Å². The number of hydrogen-bond donors (Lipinski definition) is 0. The molecule has 2 aliphatic rings. The molecule has 3 atom stereocenters. The topological polar surface area (TPSA) is 35.5 Å². The first kappa shape index (κ1) is 19.4. The van der Waals surface area contributed by atoms with E-state index in [4.69, 9.17) is 9.47 Å². The SMILES string of the molecule is C[Si](C)(C)C1(Cc2ccccc2)OC2(CCCCC2c2ccccc2)OC1=O. The van der Waals surface area contributed by atoms with E-state index in [1.165, 1.54) is 5.56 Å². The summed E-state index contributed by atoms with van der Waals surface area (Å²) in [5, 5.41) is -0.848. The number of carbonyl (C=O) groups is 1. The Bertz CT molecular complexity index is 830. The second-order valence-corrected chi connectivity index (χ2v) is 14.6. The van der Waals surface area contributed by atoms with Crippen LogP contribution in [0.3, 0.4) is 0 Å². The van der Waals surface area contributed by atoms with Gasteiger partial charge in [-0.15, -0.1) is 0 Å². The molecule has 148 valence electrons. The molecule has 2 aromatic rings. The number of carbonyl (C=O) groups excluding carboxylic acids is 1. The monoisotopic (exact) mass is 394 g/mol. The van der Waals surface area contributed by atoms with E-state index >= 15 is 0 Å². The predicted octanol–water partition coefficient (Wildman–Crippen LogP) is 5.47. The largest absolute Gasteiger partial charge is 0.430 e. The molecular formula is C24H30O3Si. The van der Waals surface area contributed by atoms with Crippen molar-refractivity contribution in [3.05, 3.63) is 71.8 Å². The van der Waals surface area contributed by atoms with E-state index < -0.39 is 19.1 Å². The van der Waals surface area contributed by atoms with Crippen molar-refractivity contribution in [2.45, 2.75) is 68.7 Å². The first-order chi connectivity index (χ1) is 13.4. The van der Waals surface area contributed by atoms with E-state index in [1.54, 1.807) is 0 Å². The highest BCUT2D eigenvalue weighted by molar-refractivity contribution is 6.82.